The largest absolute Gasteiger partial charge is 0.507 e. The molecule has 12 heavy (non-hydrogen) atoms. The Kier molecular flexibility index (Phi) is 2.26. The molecule has 1 aromatic rings. The fraction of sp³-hybridized carbons (Fsp3) is 0.222. The van der Waals surface area contributed by atoms with Crippen LogP contribution in [0.25, 0.3) is 0 Å². The molecule has 0 unspecified atom stereocenters. The molecule has 0 radical (unpaired) electrons. The maximum atomic E-state index is 9.93. The number of phenolic OH excluding ortho intramolecular Hbond substituents is 1. The van der Waals surface area contributed by atoms with E-state index in [0.717, 1.165) is 0 Å². The Bertz CT molecular complexity index is 329. The van der Waals surface area contributed by atoms with E-state index in [1.54, 1.807) is 26.0 Å². The van der Waals surface area contributed by atoms with Crippen LogP contribution >= 0.6 is 0 Å². The summed E-state index contributed by atoms with van der Waals surface area (Å²) in [5.74, 6) is 0.250. The van der Waals surface area contributed by atoms with Crippen molar-refractivity contribution in [2.75, 3.05) is 0 Å². The third-order valence-corrected chi connectivity index (χ3v) is 1.65. The highest BCUT2D eigenvalue weighted by atomic mass is 16.3. The zero-order chi connectivity index (χ0) is 9.14. The van der Waals surface area contributed by atoms with E-state index in [1.807, 2.05) is 0 Å². The van der Waals surface area contributed by atoms with Gasteiger partial charge in [-0.15, -0.1) is 0 Å². The highest BCUT2D eigenvalue weighted by Crippen LogP contribution is 2.26. The molecule has 3 nitrogen and oxygen atoms in total. The number of benzene rings is 1. The van der Waals surface area contributed by atoms with E-state index in [4.69, 9.17) is 0 Å². The molecule has 3 heteroatoms. The highest BCUT2D eigenvalue weighted by molar-refractivity contribution is 5.55. The summed E-state index contributed by atoms with van der Waals surface area (Å²) in [6.45, 7) is 3.51. The van der Waals surface area contributed by atoms with Crippen molar-refractivity contribution in [1.29, 1.82) is 0 Å². The summed E-state index contributed by atoms with van der Waals surface area (Å²) in [4.78, 5) is 13.4. The Morgan fingerprint density at radius 1 is 1.33 bits per heavy atom. The van der Waals surface area contributed by atoms with Crippen molar-refractivity contribution in [1.82, 2.24) is 0 Å². The van der Waals surface area contributed by atoms with Crippen molar-refractivity contribution < 1.29 is 9.90 Å². The first-order chi connectivity index (χ1) is 5.65. The van der Waals surface area contributed by atoms with Crippen molar-refractivity contribution >= 4 is 11.8 Å². The summed E-state index contributed by atoms with van der Waals surface area (Å²) in [6, 6.07) is 3.26. The summed E-state index contributed by atoms with van der Waals surface area (Å²) in [5, 5.41) is 9.36. The van der Waals surface area contributed by atoms with Crippen LogP contribution in [0.1, 0.15) is 11.1 Å². The average Bonchev–Trinajstić information content (AvgIpc) is 2.01. The SMILES string of the molecule is Cc1cc(N=C=O)cc(C)c1O. The van der Waals surface area contributed by atoms with Gasteiger partial charge in [-0.3, -0.25) is 0 Å². The number of isocyanates is 1. The summed E-state index contributed by atoms with van der Waals surface area (Å²) in [7, 11) is 0. The Hall–Kier alpha value is -1.60. The molecule has 0 aromatic heterocycles. The van der Waals surface area contributed by atoms with Gasteiger partial charge in [-0.25, -0.2) is 4.79 Å². The Morgan fingerprint density at radius 2 is 1.83 bits per heavy atom. The topological polar surface area (TPSA) is 49.7 Å². The number of aliphatic imine (C=N–C) groups is 1. The van der Waals surface area contributed by atoms with E-state index < -0.39 is 0 Å². The first-order valence-electron chi connectivity index (χ1n) is 3.53. The Morgan fingerprint density at radius 3 is 2.25 bits per heavy atom. The van der Waals surface area contributed by atoms with Crippen molar-refractivity contribution in [3.63, 3.8) is 0 Å². The van der Waals surface area contributed by atoms with E-state index in [9.17, 15) is 9.90 Å². The third-order valence-electron chi connectivity index (χ3n) is 1.65. The second-order valence-corrected chi connectivity index (χ2v) is 2.63. The number of hydrogen-bond donors (Lipinski definition) is 1. The van der Waals surface area contributed by atoms with Crippen molar-refractivity contribution in [3.05, 3.63) is 23.3 Å². The molecule has 0 saturated heterocycles. The average molecular weight is 163 g/mol. The number of hydrogen-bond acceptors (Lipinski definition) is 3. The van der Waals surface area contributed by atoms with Crippen LogP contribution < -0.4 is 0 Å². The van der Waals surface area contributed by atoms with Gasteiger partial charge in [-0.2, -0.15) is 4.99 Å². The minimum absolute atomic E-state index is 0.250. The van der Waals surface area contributed by atoms with E-state index in [1.165, 1.54) is 6.08 Å². The van der Waals surface area contributed by atoms with E-state index in [2.05, 4.69) is 4.99 Å². The Labute approximate surface area is 70.4 Å². The lowest BCUT2D eigenvalue weighted by atomic mass is 10.1. The summed E-state index contributed by atoms with van der Waals surface area (Å²) in [6.07, 6.45) is 1.45. The third kappa shape index (κ3) is 1.52. The van der Waals surface area contributed by atoms with E-state index in [-0.39, 0.29) is 5.75 Å². The molecular formula is C9H9NO2. The van der Waals surface area contributed by atoms with E-state index in [0.29, 0.717) is 16.8 Å². The predicted molar refractivity (Wildman–Crippen MR) is 45.4 cm³/mol. The lowest BCUT2D eigenvalue weighted by Crippen LogP contribution is -1.79. The molecule has 0 bridgehead atoms. The summed E-state index contributed by atoms with van der Waals surface area (Å²) >= 11 is 0. The molecule has 0 atom stereocenters. The van der Waals surface area contributed by atoms with Gasteiger partial charge >= 0.3 is 0 Å². The van der Waals surface area contributed by atoms with Gasteiger partial charge in [0, 0.05) is 0 Å². The zero-order valence-corrected chi connectivity index (χ0v) is 6.96. The van der Waals surface area contributed by atoms with Gasteiger partial charge in [-0.1, -0.05) is 0 Å². The number of aryl methyl sites for hydroxylation is 2. The van der Waals surface area contributed by atoms with Crippen LogP contribution in [0.15, 0.2) is 17.1 Å². The second-order valence-electron chi connectivity index (χ2n) is 2.63. The highest BCUT2D eigenvalue weighted by Gasteiger charge is 2.01. The maximum absolute atomic E-state index is 9.93. The second kappa shape index (κ2) is 3.20. The molecule has 62 valence electrons. The summed E-state index contributed by atoms with van der Waals surface area (Å²) in [5.41, 5.74) is 1.95. The van der Waals surface area contributed by atoms with Gasteiger partial charge < -0.3 is 5.11 Å². The first-order valence-corrected chi connectivity index (χ1v) is 3.53. The molecule has 0 saturated carbocycles. The van der Waals surface area contributed by atoms with Crippen molar-refractivity contribution in [2.24, 2.45) is 4.99 Å². The molecule has 0 aliphatic heterocycles. The number of nitrogens with zero attached hydrogens (tertiary/aromatic N) is 1. The molecule has 0 aliphatic rings. The van der Waals surface area contributed by atoms with Crippen LogP contribution in [0.3, 0.4) is 0 Å². The maximum Gasteiger partial charge on any atom is 0.240 e. The molecule has 0 heterocycles. The normalized spacial score (nSPS) is 9.17. The smallest absolute Gasteiger partial charge is 0.240 e. The van der Waals surface area contributed by atoms with Gasteiger partial charge in [0.2, 0.25) is 6.08 Å². The molecule has 1 N–H and O–H groups in total. The molecular weight excluding hydrogens is 154 g/mol. The van der Waals surface area contributed by atoms with Crippen LogP contribution in [0.2, 0.25) is 0 Å². The number of carbonyl (C=O) groups excluding carboxylic acids is 1. The quantitative estimate of drug-likeness (QED) is 0.508. The lowest BCUT2D eigenvalue weighted by molar-refractivity contribution is 0.467. The lowest BCUT2D eigenvalue weighted by Gasteiger charge is -2.02. The predicted octanol–water partition coefficient (Wildman–Crippen LogP) is 1.98. The standard InChI is InChI=1S/C9H9NO2/c1-6-3-8(10-5-11)4-7(2)9(6)12/h3-4,12H,1-2H3. The molecule has 0 aliphatic carbocycles. The monoisotopic (exact) mass is 163 g/mol. The fourth-order valence-corrected chi connectivity index (χ4v) is 1.05. The fourth-order valence-electron chi connectivity index (χ4n) is 1.05. The number of phenols is 1. The van der Waals surface area contributed by atoms with Gasteiger partial charge in [0.05, 0.1) is 5.69 Å². The van der Waals surface area contributed by atoms with Crippen molar-refractivity contribution in [3.8, 4) is 5.75 Å². The minimum Gasteiger partial charge on any atom is -0.507 e. The van der Waals surface area contributed by atoms with Crippen LogP contribution in [0.5, 0.6) is 5.75 Å². The molecule has 0 fully saturated rings. The number of rotatable bonds is 1. The van der Waals surface area contributed by atoms with Crippen LogP contribution in [-0.2, 0) is 4.79 Å². The van der Waals surface area contributed by atoms with Gasteiger partial charge in [0.15, 0.2) is 0 Å². The summed E-state index contributed by atoms with van der Waals surface area (Å²) < 4.78 is 0. The Balaban J connectivity index is 3.30. The van der Waals surface area contributed by atoms with Gasteiger partial charge in [0.25, 0.3) is 0 Å². The van der Waals surface area contributed by atoms with Crippen LogP contribution in [-0.4, -0.2) is 11.2 Å². The van der Waals surface area contributed by atoms with Gasteiger partial charge in [-0.05, 0) is 37.1 Å². The van der Waals surface area contributed by atoms with Gasteiger partial charge in [0.1, 0.15) is 5.75 Å². The van der Waals surface area contributed by atoms with Crippen LogP contribution in [0.4, 0.5) is 5.69 Å². The first kappa shape index (κ1) is 8.50. The molecule has 1 aromatic carbocycles. The molecule has 0 amide bonds. The minimum atomic E-state index is 0.250. The van der Waals surface area contributed by atoms with Crippen molar-refractivity contribution in [2.45, 2.75) is 13.8 Å². The molecule has 1 rings (SSSR count). The van der Waals surface area contributed by atoms with Crippen LogP contribution in [0, 0.1) is 13.8 Å². The molecule has 0 spiro atoms. The van der Waals surface area contributed by atoms with E-state index >= 15 is 0 Å². The number of aromatic hydroxyl groups is 1. The zero-order valence-electron chi connectivity index (χ0n) is 6.96.